The fourth-order valence-corrected chi connectivity index (χ4v) is 4.78. The summed E-state index contributed by atoms with van der Waals surface area (Å²) in [5.74, 6) is 0.306. The minimum absolute atomic E-state index is 0.217. The van der Waals surface area contributed by atoms with Crippen LogP contribution in [-0.2, 0) is 10.0 Å². The normalized spacial score (nSPS) is 32.9. The lowest BCUT2D eigenvalue weighted by atomic mass is 10.1. The van der Waals surface area contributed by atoms with Crippen LogP contribution >= 0.6 is 0 Å². The van der Waals surface area contributed by atoms with Gasteiger partial charge < -0.3 is 5.32 Å². The average Bonchev–Trinajstić information content (AvgIpc) is 2.40. The molecule has 2 saturated heterocycles. The Kier molecular flexibility index (Phi) is 3.33. The smallest absolute Gasteiger partial charge is 0.214 e. The van der Waals surface area contributed by atoms with Crippen LogP contribution in [0.3, 0.4) is 0 Å². The van der Waals surface area contributed by atoms with E-state index >= 15 is 0 Å². The van der Waals surface area contributed by atoms with Crippen LogP contribution in [0.5, 0.6) is 0 Å². The Morgan fingerprint density at radius 2 is 2.00 bits per heavy atom. The van der Waals surface area contributed by atoms with Gasteiger partial charge in [-0.3, -0.25) is 0 Å². The molecule has 0 amide bonds. The van der Waals surface area contributed by atoms with E-state index in [0.29, 0.717) is 12.2 Å². The van der Waals surface area contributed by atoms with Crippen LogP contribution in [0.4, 0.5) is 0 Å². The Morgan fingerprint density at radius 1 is 1.27 bits per heavy atom. The zero-order chi connectivity index (χ0) is 10.9. The van der Waals surface area contributed by atoms with Crippen LogP contribution in [0.25, 0.3) is 0 Å². The standard InChI is InChI=1S/C10H20N2O2S/c1-2-7-15(13,14)12-9-3-4-10(12)8-11-6-5-9/h9-11H,2-8H2,1H3. The van der Waals surface area contributed by atoms with Crippen molar-refractivity contribution in [3.05, 3.63) is 0 Å². The molecule has 2 unspecified atom stereocenters. The van der Waals surface area contributed by atoms with Gasteiger partial charge >= 0.3 is 0 Å². The van der Waals surface area contributed by atoms with Crippen LogP contribution in [-0.4, -0.2) is 43.6 Å². The number of hydrogen-bond acceptors (Lipinski definition) is 3. The number of sulfonamides is 1. The summed E-state index contributed by atoms with van der Waals surface area (Å²) in [4.78, 5) is 0. The van der Waals surface area contributed by atoms with Crippen molar-refractivity contribution in [1.29, 1.82) is 0 Å². The van der Waals surface area contributed by atoms with E-state index in [0.717, 1.165) is 32.4 Å². The lowest BCUT2D eigenvalue weighted by molar-refractivity contribution is 0.334. The largest absolute Gasteiger partial charge is 0.315 e. The SMILES string of the molecule is CCCS(=O)(=O)N1C2CCNCC1CC2. The van der Waals surface area contributed by atoms with Crippen molar-refractivity contribution in [3.8, 4) is 0 Å². The minimum Gasteiger partial charge on any atom is -0.315 e. The first-order valence-corrected chi connectivity index (χ1v) is 7.48. The van der Waals surface area contributed by atoms with Gasteiger partial charge in [-0.1, -0.05) is 6.92 Å². The van der Waals surface area contributed by atoms with E-state index < -0.39 is 10.0 Å². The van der Waals surface area contributed by atoms with E-state index in [1.54, 1.807) is 4.31 Å². The molecule has 0 radical (unpaired) electrons. The molecule has 1 N–H and O–H groups in total. The summed E-state index contributed by atoms with van der Waals surface area (Å²) in [7, 11) is -3.00. The van der Waals surface area contributed by atoms with Gasteiger partial charge in [-0.05, 0) is 32.2 Å². The van der Waals surface area contributed by atoms with Gasteiger partial charge in [0.1, 0.15) is 0 Å². The van der Waals surface area contributed by atoms with Gasteiger partial charge in [0.2, 0.25) is 10.0 Å². The first-order valence-electron chi connectivity index (χ1n) is 5.87. The summed E-state index contributed by atoms with van der Waals surface area (Å²) in [6.45, 7) is 3.72. The molecule has 2 rings (SSSR count). The van der Waals surface area contributed by atoms with E-state index in [1.165, 1.54) is 0 Å². The van der Waals surface area contributed by atoms with E-state index in [2.05, 4.69) is 5.32 Å². The van der Waals surface area contributed by atoms with Crippen molar-refractivity contribution in [1.82, 2.24) is 9.62 Å². The predicted molar refractivity (Wildman–Crippen MR) is 60.2 cm³/mol. The monoisotopic (exact) mass is 232 g/mol. The Labute approximate surface area is 92.1 Å². The zero-order valence-corrected chi connectivity index (χ0v) is 10.1. The quantitative estimate of drug-likeness (QED) is 0.773. The zero-order valence-electron chi connectivity index (χ0n) is 9.28. The summed E-state index contributed by atoms with van der Waals surface area (Å²) in [5.41, 5.74) is 0. The molecule has 2 heterocycles. The maximum Gasteiger partial charge on any atom is 0.214 e. The van der Waals surface area contributed by atoms with Crippen LogP contribution in [0.2, 0.25) is 0 Å². The van der Waals surface area contributed by atoms with Crippen molar-refractivity contribution >= 4 is 10.0 Å². The molecule has 4 nitrogen and oxygen atoms in total. The van der Waals surface area contributed by atoms with E-state index in [-0.39, 0.29) is 12.1 Å². The van der Waals surface area contributed by atoms with Gasteiger partial charge in [0, 0.05) is 18.6 Å². The van der Waals surface area contributed by atoms with Gasteiger partial charge in [0.15, 0.2) is 0 Å². The Balaban J connectivity index is 2.20. The summed E-state index contributed by atoms with van der Waals surface area (Å²) >= 11 is 0. The molecule has 2 aliphatic rings. The van der Waals surface area contributed by atoms with Crippen LogP contribution in [0.1, 0.15) is 32.6 Å². The molecule has 2 atom stereocenters. The third kappa shape index (κ3) is 2.19. The third-order valence-corrected chi connectivity index (χ3v) is 5.53. The first-order chi connectivity index (χ1) is 7.15. The third-order valence-electron chi connectivity index (χ3n) is 3.37. The van der Waals surface area contributed by atoms with Gasteiger partial charge in [0.25, 0.3) is 0 Å². The Morgan fingerprint density at radius 3 is 2.73 bits per heavy atom. The van der Waals surface area contributed by atoms with Gasteiger partial charge in [-0.15, -0.1) is 0 Å². The van der Waals surface area contributed by atoms with Crippen molar-refractivity contribution in [2.45, 2.75) is 44.7 Å². The van der Waals surface area contributed by atoms with Crippen molar-refractivity contribution < 1.29 is 8.42 Å². The highest BCUT2D eigenvalue weighted by Gasteiger charge is 2.41. The first kappa shape index (κ1) is 11.4. The van der Waals surface area contributed by atoms with E-state index in [1.807, 2.05) is 6.92 Å². The molecule has 0 saturated carbocycles. The van der Waals surface area contributed by atoms with Gasteiger partial charge in [0.05, 0.1) is 5.75 Å². The maximum absolute atomic E-state index is 12.1. The summed E-state index contributed by atoms with van der Waals surface area (Å²) in [5, 5.41) is 3.32. The Hall–Kier alpha value is -0.130. The fourth-order valence-electron chi connectivity index (χ4n) is 2.76. The molecule has 15 heavy (non-hydrogen) atoms. The minimum atomic E-state index is -3.00. The number of hydrogen-bond donors (Lipinski definition) is 1. The molecule has 0 aromatic rings. The maximum atomic E-state index is 12.1. The van der Waals surface area contributed by atoms with Crippen molar-refractivity contribution in [2.24, 2.45) is 0 Å². The fraction of sp³-hybridized carbons (Fsp3) is 1.00. The highest BCUT2D eigenvalue weighted by atomic mass is 32.2. The lowest BCUT2D eigenvalue weighted by Crippen LogP contribution is -2.43. The molecule has 0 aromatic heterocycles. The van der Waals surface area contributed by atoms with Gasteiger partial charge in [-0.2, -0.15) is 4.31 Å². The second kappa shape index (κ2) is 4.39. The second-order valence-electron chi connectivity index (χ2n) is 4.52. The predicted octanol–water partition coefficient (Wildman–Crippen LogP) is 0.552. The summed E-state index contributed by atoms with van der Waals surface area (Å²) in [6, 6.07) is 0.482. The number of nitrogens with one attached hydrogen (secondary N) is 1. The number of fused-ring (bicyclic) bond motifs is 2. The van der Waals surface area contributed by atoms with E-state index in [4.69, 9.17) is 0 Å². The number of nitrogens with zero attached hydrogens (tertiary/aromatic N) is 1. The van der Waals surface area contributed by atoms with Crippen LogP contribution in [0, 0.1) is 0 Å². The highest BCUT2D eigenvalue weighted by molar-refractivity contribution is 7.89. The average molecular weight is 232 g/mol. The molecule has 2 bridgehead atoms. The molecule has 5 heteroatoms. The van der Waals surface area contributed by atoms with Crippen molar-refractivity contribution in [3.63, 3.8) is 0 Å². The topological polar surface area (TPSA) is 49.4 Å². The van der Waals surface area contributed by atoms with E-state index in [9.17, 15) is 8.42 Å². The highest BCUT2D eigenvalue weighted by Crippen LogP contribution is 2.30. The Bertz CT molecular complexity index is 301. The molecule has 2 aliphatic heterocycles. The molecule has 0 spiro atoms. The molecule has 0 aromatic carbocycles. The summed E-state index contributed by atoms with van der Waals surface area (Å²) < 4.78 is 26.0. The molecular formula is C10H20N2O2S. The number of rotatable bonds is 3. The summed E-state index contributed by atoms with van der Waals surface area (Å²) in [6.07, 6.45) is 3.76. The lowest BCUT2D eigenvalue weighted by Gasteiger charge is -2.26. The second-order valence-corrected chi connectivity index (χ2v) is 6.52. The molecular weight excluding hydrogens is 212 g/mol. The van der Waals surface area contributed by atoms with Crippen molar-refractivity contribution in [2.75, 3.05) is 18.8 Å². The molecule has 2 fully saturated rings. The van der Waals surface area contributed by atoms with Crippen LogP contribution in [0.15, 0.2) is 0 Å². The van der Waals surface area contributed by atoms with Gasteiger partial charge in [-0.25, -0.2) is 8.42 Å². The molecule has 0 aliphatic carbocycles. The van der Waals surface area contributed by atoms with Crippen LogP contribution < -0.4 is 5.32 Å². The molecule has 88 valence electrons.